The monoisotopic (exact) mass is 534 g/mol. The van der Waals surface area contributed by atoms with Crippen LogP contribution in [0.25, 0.3) is 10.9 Å². The van der Waals surface area contributed by atoms with E-state index in [1.54, 1.807) is 24.3 Å². The summed E-state index contributed by atoms with van der Waals surface area (Å²) in [6, 6.07) is 11.2. The van der Waals surface area contributed by atoms with E-state index in [1.807, 2.05) is 35.8 Å². The summed E-state index contributed by atoms with van der Waals surface area (Å²) < 4.78 is 40.9. The van der Waals surface area contributed by atoms with Crippen molar-refractivity contribution in [3.63, 3.8) is 0 Å². The number of likely N-dealkylation sites (N-methyl/N-ethyl adjacent to an activating group) is 1. The third kappa shape index (κ3) is 5.51. The maximum Gasteiger partial charge on any atom is 0.232 e. The standard InChI is InChI=1S/C24H24ClFN4O3S2/c1-29(2)9-10-30(35(3,32)33)21-7-5-17(13-19(21)26)27-23(15-8-11-34-14-15)22-18-6-4-16(25)12-20(18)28-24(22)31/h4-8,11-14,28,31H,9-10H2,1-3H3. The molecule has 0 atom stereocenters. The molecule has 0 aliphatic heterocycles. The van der Waals surface area contributed by atoms with Crippen LogP contribution in [0.5, 0.6) is 5.88 Å². The predicted molar refractivity (Wildman–Crippen MR) is 142 cm³/mol. The summed E-state index contributed by atoms with van der Waals surface area (Å²) in [6.07, 6.45) is 1.05. The molecule has 0 spiro atoms. The number of aromatic hydroxyl groups is 1. The molecule has 35 heavy (non-hydrogen) atoms. The highest BCUT2D eigenvalue weighted by Gasteiger charge is 2.22. The van der Waals surface area contributed by atoms with E-state index in [2.05, 4.69) is 9.98 Å². The fraction of sp³-hybridized carbons (Fsp3) is 0.208. The SMILES string of the molecule is CN(C)CCN(c1ccc(N=C(c2ccsc2)c2c(O)[nH]c3cc(Cl)ccc23)cc1F)S(C)(=O)=O. The molecular formula is C24H24ClFN4O3S2. The number of hydrogen-bond donors (Lipinski definition) is 2. The zero-order valence-corrected chi connectivity index (χ0v) is 21.7. The molecular weight excluding hydrogens is 511 g/mol. The molecule has 7 nitrogen and oxygen atoms in total. The van der Waals surface area contributed by atoms with Crippen LogP contribution >= 0.6 is 22.9 Å². The molecule has 0 aliphatic rings. The highest BCUT2D eigenvalue weighted by atomic mass is 35.5. The average molecular weight is 535 g/mol. The summed E-state index contributed by atoms with van der Waals surface area (Å²) in [7, 11) is -0.0639. The number of benzene rings is 2. The molecule has 2 aromatic heterocycles. The number of thiophene rings is 1. The van der Waals surface area contributed by atoms with E-state index in [9.17, 15) is 13.5 Å². The molecule has 11 heteroatoms. The molecule has 184 valence electrons. The van der Waals surface area contributed by atoms with Gasteiger partial charge in [-0.3, -0.25) is 4.31 Å². The van der Waals surface area contributed by atoms with Gasteiger partial charge in [0.2, 0.25) is 10.0 Å². The second kappa shape index (κ2) is 9.98. The largest absolute Gasteiger partial charge is 0.494 e. The smallest absolute Gasteiger partial charge is 0.232 e. The Morgan fingerprint density at radius 1 is 1.17 bits per heavy atom. The molecule has 0 amide bonds. The maximum absolute atomic E-state index is 15.2. The third-order valence-corrected chi connectivity index (χ3v) is 7.46. The summed E-state index contributed by atoms with van der Waals surface area (Å²) in [6.45, 7) is 0.538. The lowest BCUT2D eigenvalue weighted by atomic mass is 10.0. The van der Waals surface area contributed by atoms with Crippen LogP contribution in [0.3, 0.4) is 0 Å². The zero-order valence-electron chi connectivity index (χ0n) is 19.3. The second-order valence-electron chi connectivity index (χ2n) is 8.29. The fourth-order valence-electron chi connectivity index (χ4n) is 3.71. The molecule has 2 aromatic carbocycles. The van der Waals surface area contributed by atoms with Crippen molar-refractivity contribution in [2.75, 3.05) is 37.7 Å². The lowest BCUT2D eigenvalue weighted by molar-refractivity contribution is 0.419. The third-order valence-electron chi connectivity index (χ3n) is 5.36. The van der Waals surface area contributed by atoms with Gasteiger partial charge < -0.3 is 15.0 Å². The highest BCUT2D eigenvalue weighted by molar-refractivity contribution is 7.92. The van der Waals surface area contributed by atoms with E-state index in [-0.39, 0.29) is 23.8 Å². The highest BCUT2D eigenvalue weighted by Crippen LogP contribution is 2.34. The Morgan fingerprint density at radius 2 is 1.94 bits per heavy atom. The Balaban J connectivity index is 1.82. The summed E-state index contributed by atoms with van der Waals surface area (Å²) in [5.41, 5.74) is 2.51. The van der Waals surface area contributed by atoms with Crippen LogP contribution in [0.15, 0.2) is 58.2 Å². The van der Waals surface area contributed by atoms with Crippen LogP contribution in [-0.2, 0) is 10.0 Å². The number of rotatable bonds is 8. The lowest BCUT2D eigenvalue weighted by Crippen LogP contribution is -2.36. The van der Waals surface area contributed by atoms with Crippen LogP contribution in [-0.4, -0.2) is 62.6 Å². The number of sulfonamides is 1. The van der Waals surface area contributed by atoms with E-state index in [1.165, 1.54) is 23.5 Å². The van der Waals surface area contributed by atoms with Crippen LogP contribution in [0.2, 0.25) is 5.02 Å². The van der Waals surface area contributed by atoms with Gasteiger partial charge in [0.1, 0.15) is 5.82 Å². The van der Waals surface area contributed by atoms with Crippen LogP contribution in [0, 0.1) is 5.82 Å². The second-order valence-corrected chi connectivity index (χ2v) is 11.4. The van der Waals surface area contributed by atoms with Gasteiger partial charge in [0.25, 0.3) is 0 Å². The normalized spacial score (nSPS) is 12.6. The van der Waals surface area contributed by atoms with Crippen LogP contribution in [0.4, 0.5) is 15.8 Å². The predicted octanol–water partition coefficient (Wildman–Crippen LogP) is 5.22. The first-order chi connectivity index (χ1) is 16.5. The molecule has 2 heterocycles. The first kappa shape index (κ1) is 25.2. The molecule has 0 aliphatic carbocycles. The molecule has 4 aromatic rings. The number of aromatic nitrogens is 1. The number of nitrogens with one attached hydrogen (secondary N) is 1. The van der Waals surface area contributed by atoms with Crippen LogP contribution in [0.1, 0.15) is 11.1 Å². The number of H-pyrrole nitrogens is 1. The van der Waals surface area contributed by atoms with Crippen molar-refractivity contribution in [1.29, 1.82) is 0 Å². The molecule has 4 rings (SSSR count). The Hall–Kier alpha value is -2.92. The minimum atomic E-state index is -3.69. The number of aliphatic imine (C=N–C) groups is 1. The van der Waals surface area contributed by atoms with Gasteiger partial charge in [0.05, 0.1) is 34.4 Å². The molecule has 0 saturated heterocycles. The maximum atomic E-state index is 15.2. The Bertz CT molecular complexity index is 1500. The van der Waals surface area contributed by atoms with E-state index >= 15 is 4.39 Å². The van der Waals surface area contributed by atoms with Crippen molar-refractivity contribution in [2.24, 2.45) is 4.99 Å². The van der Waals surface area contributed by atoms with Crippen molar-refractivity contribution in [1.82, 2.24) is 9.88 Å². The van der Waals surface area contributed by atoms with Crippen molar-refractivity contribution in [3.05, 3.63) is 75.2 Å². The number of halogens is 2. The topological polar surface area (TPSA) is 89.0 Å². The van der Waals surface area contributed by atoms with Gasteiger partial charge in [-0.05, 0) is 49.8 Å². The van der Waals surface area contributed by atoms with E-state index in [0.29, 0.717) is 33.7 Å². The van der Waals surface area contributed by atoms with Crippen molar-refractivity contribution in [3.8, 4) is 5.88 Å². The quantitative estimate of drug-likeness (QED) is 0.303. The Kier molecular flexibility index (Phi) is 7.18. The first-order valence-electron chi connectivity index (χ1n) is 10.6. The van der Waals surface area contributed by atoms with E-state index in [0.717, 1.165) is 16.1 Å². The molecule has 0 saturated carbocycles. The van der Waals surface area contributed by atoms with Crippen molar-refractivity contribution >= 4 is 61.0 Å². The zero-order chi connectivity index (χ0) is 25.3. The average Bonchev–Trinajstić information content (AvgIpc) is 3.40. The van der Waals surface area contributed by atoms with E-state index < -0.39 is 15.8 Å². The van der Waals surface area contributed by atoms with Gasteiger partial charge in [-0.1, -0.05) is 17.7 Å². The Morgan fingerprint density at radius 3 is 2.57 bits per heavy atom. The summed E-state index contributed by atoms with van der Waals surface area (Å²) in [4.78, 5) is 9.40. The van der Waals surface area contributed by atoms with Crippen molar-refractivity contribution in [2.45, 2.75) is 0 Å². The summed E-state index contributed by atoms with van der Waals surface area (Å²) in [5, 5.41) is 15.7. The summed E-state index contributed by atoms with van der Waals surface area (Å²) >= 11 is 7.56. The van der Waals surface area contributed by atoms with Gasteiger partial charge >= 0.3 is 0 Å². The number of hydrogen-bond acceptors (Lipinski definition) is 6. The first-order valence-corrected chi connectivity index (χ1v) is 13.8. The molecule has 0 bridgehead atoms. The molecule has 0 radical (unpaired) electrons. The summed E-state index contributed by atoms with van der Waals surface area (Å²) in [5.74, 6) is -0.800. The number of nitrogens with zero attached hydrogens (tertiary/aromatic N) is 3. The fourth-order valence-corrected chi connectivity index (χ4v) is 5.44. The van der Waals surface area contributed by atoms with E-state index in [4.69, 9.17) is 11.6 Å². The van der Waals surface area contributed by atoms with Gasteiger partial charge in [0, 0.05) is 40.5 Å². The Labute approximate surface area is 212 Å². The van der Waals surface area contributed by atoms with Gasteiger partial charge in [-0.15, -0.1) is 0 Å². The molecule has 2 N–H and O–H groups in total. The lowest BCUT2D eigenvalue weighted by Gasteiger charge is -2.24. The number of aromatic amines is 1. The van der Waals surface area contributed by atoms with Gasteiger partial charge in [-0.25, -0.2) is 17.8 Å². The number of fused-ring (bicyclic) bond motifs is 1. The minimum absolute atomic E-state index is 0.0463. The number of anilines is 1. The molecule has 0 unspecified atom stereocenters. The van der Waals surface area contributed by atoms with Gasteiger partial charge in [0.15, 0.2) is 5.88 Å². The van der Waals surface area contributed by atoms with Gasteiger partial charge in [-0.2, -0.15) is 11.3 Å². The molecule has 0 fully saturated rings. The minimum Gasteiger partial charge on any atom is -0.494 e. The van der Waals surface area contributed by atoms with Crippen LogP contribution < -0.4 is 4.31 Å². The van der Waals surface area contributed by atoms with Crippen molar-refractivity contribution < 1.29 is 17.9 Å².